The normalized spacial score (nSPS) is 12.4. The van der Waals surface area contributed by atoms with E-state index in [1.54, 1.807) is 0 Å². The SMILES string of the molecule is CCCCCCC/C=C\C/C=C\C/C=C\CCCCCCCCCCCCC(=O)OCC(COC(=O)CCCCCCC/C=C\CCCCCCC)OC(=O)CCCCCCC/C=C\CCCCCCC. The lowest BCUT2D eigenvalue weighted by Crippen LogP contribution is -2.30. The van der Waals surface area contributed by atoms with Crippen molar-refractivity contribution in [3.63, 3.8) is 0 Å². The van der Waals surface area contributed by atoms with E-state index in [-0.39, 0.29) is 31.1 Å². The molecule has 412 valence electrons. The maximum absolute atomic E-state index is 12.9. The minimum absolute atomic E-state index is 0.0809. The minimum Gasteiger partial charge on any atom is -0.462 e. The van der Waals surface area contributed by atoms with E-state index in [1.807, 2.05) is 0 Å². The second-order valence-electron chi connectivity index (χ2n) is 20.6. The van der Waals surface area contributed by atoms with Crippen LogP contribution < -0.4 is 0 Å². The van der Waals surface area contributed by atoms with Crippen LogP contribution in [0.5, 0.6) is 0 Å². The van der Waals surface area contributed by atoms with Crippen molar-refractivity contribution >= 4 is 17.9 Å². The van der Waals surface area contributed by atoms with Gasteiger partial charge < -0.3 is 14.2 Å². The molecule has 0 spiro atoms. The number of carbonyl (C=O) groups excluding carboxylic acids is 3. The van der Waals surface area contributed by atoms with Crippen molar-refractivity contribution in [2.75, 3.05) is 13.2 Å². The van der Waals surface area contributed by atoms with Crippen LogP contribution in [-0.4, -0.2) is 37.2 Å². The van der Waals surface area contributed by atoms with Crippen LogP contribution in [0.2, 0.25) is 0 Å². The average Bonchev–Trinajstić information content (AvgIpc) is 3.37. The van der Waals surface area contributed by atoms with Crippen LogP contribution >= 0.6 is 0 Å². The van der Waals surface area contributed by atoms with Crippen LogP contribution in [0.15, 0.2) is 60.8 Å². The van der Waals surface area contributed by atoms with Crippen molar-refractivity contribution in [3.05, 3.63) is 60.8 Å². The molecule has 1 atom stereocenters. The summed E-state index contributed by atoms with van der Waals surface area (Å²) in [4.78, 5) is 38.2. The number of ether oxygens (including phenoxy) is 3. The van der Waals surface area contributed by atoms with Gasteiger partial charge >= 0.3 is 17.9 Å². The van der Waals surface area contributed by atoms with Gasteiger partial charge in [0, 0.05) is 19.3 Å². The number of unbranched alkanes of at least 4 members (excludes halogenated alkanes) is 35. The molecule has 71 heavy (non-hydrogen) atoms. The fraction of sp³-hybridized carbons (Fsp3) is 0.800. The molecule has 0 aliphatic rings. The van der Waals surface area contributed by atoms with Gasteiger partial charge in [0.15, 0.2) is 6.10 Å². The molecule has 0 aromatic carbocycles. The van der Waals surface area contributed by atoms with Crippen molar-refractivity contribution in [2.45, 2.75) is 322 Å². The predicted octanol–water partition coefficient (Wildman–Crippen LogP) is 20.8. The molecule has 0 radical (unpaired) electrons. The van der Waals surface area contributed by atoms with E-state index in [2.05, 4.69) is 81.5 Å². The first-order chi connectivity index (χ1) is 35.0. The van der Waals surface area contributed by atoms with Gasteiger partial charge in [0.2, 0.25) is 0 Å². The highest BCUT2D eigenvalue weighted by Crippen LogP contribution is 2.16. The Hall–Kier alpha value is -2.89. The Balaban J connectivity index is 4.30. The standard InChI is InChI=1S/C65H116O6/c1-4-7-10-13-16-19-22-25-28-29-30-31-32-33-34-35-36-37-38-41-43-46-49-52-55-58-64(67)70-61-62(71-65(68)59-56-53-50-47-44-40-27-24-21-18-15-12-9-6-3)60-69-63(66)57-54-51-48-45-42-39-26-23-20-17-14-11-8-5-2/h22-27,29-30,32-33,62H,4-21,28,31,34-61H2,1-3H3/b25-22-,26-23-,27-24-,30-29-,33-32-. The van der Waals surface area contributed by atoms with Gasteiger partial charge in [0.25, 0.3) is 0 Å². The van der Waals surface area contributed by atoms with Crippen LogP contribution in [-0.2, 0) is 28.6 Å². The molecule has 0 aliphatic carbocycles. The molecule has 0 bridgehead atoms. The molecule has 0 saturated carbocycles. The molecule has 0 rings (SSSR count). The Labute approximate surface area is 440 Å². The number of esters is 3. The van der Waals surface area contributed by atoms with Gasteiger partial charge in [-0.15, -0.1) is 0 Å². The lowest BCUT2D eigenvalue weighted by molar-refractivity contribution is -0.167. The van der Waals surface area contributed by atoms with E-state index in [0.717, 1.165) is 89.9 Å². The summed E-state index contributed by atoms with van der Waals surface area (Å²) in [7, 11) is 0. The Bertz CT molecular complexity index is 1280. The first-order valence-electron chi connectivity index (χ1n) is 30.8. The highest BCUT2D eigenvalue weighted by atomic mass is 16.6. The summed E-state index contributed by atoms with van der Waals surface area (Å²) < 4.78 is 16.9. The highest BCUT2D eigenvalue weighted by Gasteiger charge is 2.19. The van der Waals surface area contributed by atoms with Crippen LogP contribution in [0.4, 0.5) is 0 Å². The smallest absolute Gasteiger partial charge is 0.306 e. The van der Waals surface area contributed by atoms with Crippen LogP contribution in [0, 0.1) is 0 Å². The zero-order valence-corrected chi connectivity index (χ0v) is 47.2. The molecule has 0 N–H and O–H groups in total. The monoisotopic (exact) mass is 993 g/mol. The van der Waals surface area contributed by atoms with Gasteiger partial charge in [0.1, 0.15) is 13.2 Å². The van der Waals surface area contributed by atoms with Crippen molar-refractivity contribution in [1.29, 1.82) is 0 Å². The number of allylic oxidation sites excluding steroid dienone is 10. The summed E-state index contributed by atoms with van der Waals surface area (Å²) in [5.74, 6) is -0.889. The van der Waals surface area contributed by atoms with E-state index in [9.17, 15) is 14.4 Å². The number of carbonyl (C=O) groups is 3. The van der Waals surface area contributed by atoms with E-state index in [1.165, 1.54) is 186 Å². The van der Waals surface area contributed by atoms with E-state index < -0.39 is 6.10 Å². The van der Waals surface area contributed by atoms with Crippen LogP contribution in [0.3, 0.4) is 0 Å². The van der Waals surface area contributed by atoms with Crippen LogP contribution in [0.25, 0.3) is 0 Å². The van der Waals surface area contributed by atoms with Crippen molar-refractivity contribution in [2.24, 2.45) is 0 Å². The van der Waals surface area contributed by atoms with Gasteiger partial charge in [0.05, 0.1) is 0 Å². The minimum atomic E-state index is -0.783. The van der Waals surface area contributed by atoms with Gasteiger partial charge in [-0.2, -0.15) is 0 Å². The Morgan fingerprint density at radius 2 is 0.507 bits per heavy atom. The molecular weight excluding hydrogens is 877 g/mol. The number of hydrogen-bond donors (Lipinski definition) is 0. The summed E-state index contributed by atoms with van der Waals surface area (Å²) in [6.45, 7) is 6.62. The van der Waals surface area contributed by atoms with E-state index >= 15 is 0 Å². The molecule has 0 aromatic heterocycles. The quantitative estimate of drug-likeness (QED) is 0.0261. The number of rotatable bonds is 56. The molecule has 0 saturated heterocycles. The van der Waals surface area contributed by atoms with Crippen molar-refractivity contribution in [3.8, 4) is 0 Å². The molecule has 1 unspecified atom stereocenters. The largest absolute Gasteiger partial charge is 0.462 e. The molecule has 0 aliphatic heterocycles. The van der Waals surface area contributed by atoms with Gasteiger partial charge in [-0.05, 0) is 109 Å². The van der Waals surface area contributed by atoms with Gasteiger partial charge in [-0.3, -0.25) is 14.4 Å². The molecule has 0 aromatic rings. The second-order valence-corrected chi connectivity index (χ2v) is 20.6. The molecule has 6 nitrogen and oxygen atoms in total. The zero-order chi connectivity index (χ0) is 51.4. The molecule has 0 amide bonds. The summed E-state index contributed by atoms with van der Waals surface area (Å²) in [6.07, 6.45) is 75.0. The zero-order valence-electron chi connectivity index (χ0n) is 47.2. The predicted molar refractivity (Wildman–Crippen MR) is 307 cm³/mol. The van der Waals surface area contributed by atoms with Crippen molar-refractivity contribution in [1.82, 2.24) is 0 Å². The summed E-state index contributed by atoms with van der Waals surface area (Å²) >= 11 is 0. The van der Waals surface area contributed by atoms with Gasteiger partial charge in [-0.1, -0.05) is 248 Å². The lowest BCUT2D eigenvalue weighted by Gasteiger charge is -2.18. The summed E-state index contributed by atoms with van der Waals surface area (Å²) in [5, 5.41) is 0. The fourth-order valence-electron chi connectivity index (χ4n) is 8.79. The summed E-state index contributed by atoms with van der Waals surface area (Å²) in [6, 6.07) is 0. The maximum Gasteiger partial charge on any atom is 0.306 e. The second kappa shape index (κ2) is 59.7. The fourth-order valence-corrected chi connectivity index (χ4v) is 8.79. The molecular formula is C65H116O6. The molecule has 0 heterocycles. The maximum atomic E-state index is 12.9. The highest BCUT2D eigenvalue weighted by molar-refractivity contribution is 5.71. The average molecular weight is 994 g/mol. The van der Waals surface area contributed by atoms with Crippen molar-refractivity contribution < 1.29 is 28.6 Å². The third kappa shape index (κ3) is 57.9. The number of hydrogen-bond acceptors (Lipinski definition) is 6. The first kappa shape index (κ1) is 68.1. The Kier molecular flexibility index (Phi) is 57.2. The van der Waals surface area contributed by atoms with E-state index in [4.69, 9.17) is 14.2 Å². The first-order valence-corrected chi connectivity index (χ1v) is 30.8. The Morgan fingerprint density at radius 3 is 0.803 bits per heavy atom. The Morgan fingerprint density at radius 1 is 0.282 bits per heavy atom. The third-order valence-electron chi connectivity index (χ3n) is 13.5. The third-order valence-corrected chi connectivity index (χ3v) is 13.5. The molecule has 0 fully saturated rings. The topological polar surface area (TPSA) is 78.9 Å². The lowest BCUT2D eigenvalue weighted by atomic mass is 10.1. The molecule has 6 heteroatoms. The summed E-state index contributed by atoms with van der Waals surface area (Å²) in [5.41, 5.74) is 0. The van der Waals surface area contributed by atoms with Gasteiger partial charge in [-0.25, -0.2) is 0 Å². The van der Waals surface area contributed by atoms with E-state index in [0.29, 0.717) is 19.3 Å². The van der Waals surface area contributed by atoms with Crippen LogP contribution in [0.1, 0.15) is 316 Å².